The van der Waals surface area contributed by atoms with Gasteiger partial charge >= 0.3 is 0 Å². The molecule has 6 nitrogen and oxygen atoms in total. The monoisotopic (exact) mass is 371 g/mol. The van der Waals surface area contributed by atoms with Crippen molar-refractivity contribution in [1.29, 1.82) is 0 Å². The molecule has 2 heterocycles. The quantitative estimate of drug-likeness (QED) is 0.873. The van der Waals surface area contributed by atoms with Crippen LogP contribution < -0.4 is 10.3 Å². The highest BCUT2D eigenvalue weighted by atomic mass is 16.5. The number of likely N-dealkylation sites (N-methyl/N-ethyl adjacent to an activating group) is 1. The maximum Gasteiger partial charge on any atom is 0.259 e. The minimum Gasteiger partial charge on any atom is -0.507 e. The van der Waals surface area contributed by atoms with Crippen LogP contribution in [0.1, 0.15) is 29.8 Å². The first kappa shape index (κ1) is 19.5. The fourth-order valence-electron chi connectivity index (χ4n) is 3.93. The molecule has 1 aromatic carbocycles. The highest BCUT2D eigenvalue weighted by molar-refractivity contribution is 5.46. The van der Waals surface area contributed by atoms with Gasteiger partial charge in [0.15, 0.2) is 0 Å². The Morgan fingerprint density at radius 3 is 2.48 bits per heavy atom. The summed E-state index contributed by atoms with van der Waals surface area (Å²) in [6.07, 6.45) is 0. The van der Waals surface area contributed by atoms with Gasteiger partial charge in [0, 0.05) is 44.0 Å². The molecule has 0 amide bonds. The molecule has 0 spiro atoms. The number of para-hydroxylation sites is 1. The zero-order valence-electron chi connectivity index (χ0n) is 16.6. The van der Waals surface area contributed by atoms with Gasteiger partial charge in [0.25, 0.3) is 5.56 Å². The molecule has 1 aromatic heterocycles. The van der Waals surface area contributed by atoms with Gasteiger partial charge in [-0.2, -0.15) is 0 Å². The number of nitrogens with zero attached hydrogens (tertiary/aromatic N) is 3. The summed E-state index contributed by atoms with van der Waals surface area (Å²) in [6.45, 7) is 7.83. The highest BCUT2D eigenvalue weighted by Crippen LogP contribution is 2.37. The third kappa shape index (κ3) is 3.73. The number of methoxy groups -OCH3 is 1. The van der Waals surface area contributed by atoms with Crippen molar-refractivity contribution in [3.05, 3.63) is 57.5 Å². The molecule has 0 saturated carbocycles. The molecule has 6 heteroatoms. The number of piperazine rings is 1. The largest absolute Gasteiger partial charge is 0.507 e. The van der Waals surface area contributed by atoms with Crippen LogP contribution in [0.15, 0.2) is 35.1 Å². The van der Waals surface area contributed by atoms with Gasteiger partial charge in [-0.3, -0.25) is 9.69 Å². The normalized spacial score (nSPS) is 17.0. The highest BCUT2D eigenvalue weighted by Gasteiger charge is 2.32. The van der Waals surface area contributed by atoms with Gasteiger partial charge in [0.1, 0.15) is 11.5 Å². The Hall–Kier alpha value is -2.31. The fourth-order valence-corrected chi connectivity index (χ4v) is 3.93. The second-order valence-electron chi connectivity index (χ2n) is 7.12. The smallest absolute Gasteiger partial charge is 0.259 e. The first-order valence-corrected chi connectivity index (χ1v) is 9.46. The maximum absolute atomic E-state index is 13.3. The number of aromatic nitrogens is 1. The first-order valence-electron chi connectivity index (χ1n) is 9.46. The molecule has 0 radical (unpaired) electrons. The number of pyridine rings is 1. The predicted molar refractivity (Wildman–Crippen MR) is 107 cm³/mol. The van der Waals surface area contributed by atoms with E-state index in [1.807, 2.05) is 38.1 Å². The van der Waals surface area contributed by atoms with Gasteiger partial charge in [-0.15, -0.1) is 0 Å². The van der Waals surface area contributed by atoms with E-state index in [1.165, 1.54) is 0 Å². The molecule has 0 aliphatic carbocycles. The lowest BCUT2D eigenvalue weighted by Crippen LogP contribution is -2.47. The molecular formula is C21H29N3O3. The fraction of sp³-hybridized carbons (Fsp3) is 0.476. The number of benzene rings is 1. The van der Waals surface area contributed by atoms with E-state index >= 15 is 0 Å². The van der Waals surface area contributed by atoms with E-state index in [0.717, 1.165) is 43.2 Å². The second kappa shape index (κ2) is 8.15. The van der Waals surface area contributed by atoms with Crippen LogP contribution in [0.25, 0.3) is 0 Å². The molecule has 1 atom stereocenters. The van der Waals surface area contributed by atoms with Crippen molar-refractivity contribution in [2.24, 2.45) is 0 Å². The van der Waals surface area contributed by atoms with Gasteiger partial charge in [0.05, 0.1) is 18.7 Å². The summed E-state index contributed by atoms with van der Waals surface area (Å²) in [6, 6.07) is 9.10. The van der Waals surface area contributed by atoms with Crippen LogP contribution >= 0.6 is 0 Å². The van der Waals surface area contributed by atoms with Gasteiger partial charge in [-0.05, 0) is 33.0 Å². The zero-order valence-corrected chi connectivity index (χ0v) is 16.6. The Bertz CT molecular complexity index is 854. The van der Waals surface area contributed by atoms with Crippen molar-refractivity contribution in [3.63, 3.8) is 0 Å². The van der Waals surface area contributed by atoms with Crippen LogP contribution in [0.3, 0.4) is 0 Å². The van der Waals surface area contributed by atoms with E-state index in [-0.39, 0.29) is 17.4 Å². The van der Waals surface area contributed by atoms with Gasteiger partial charge in [-0.25, -0.2) is 0 Å². The summed E-state index contributed by atoms with van der Waals surface area (Å²) >= 11 is 0. The average molecular weight is 371 g/mol. The molecule has 27 heavy (non-hydrogen) atoms. The van der Waals surface area contributed by atoms with Crippen molar-refractivity contribution in [1.82, 2.24) is 14.4 Å². The van der Waals surface area contributed by atoms with Crippen LogP contribution in [-0.2, 0) is 6.54 Å². The van der Waals surface area contributed by atoms with Crippen molar-refractivity contribution in [3.8, 4) is 11.5 Å². The average Bonchev–Trinajstić information content (AvgIpc) is 2.66. The number of aromatic hydroxyl groups is 1. The predicted octanol–water partition coefficient (Wildman–Crippen LogP) is 2.23. The summed E-state index contributed by atoms with van der Waals surface area (Å²) in [4.78, 5) is 17.8. The zero-order chi connectivity index (χ0) is 19.6. The van der Waals surface area contributed by atoms with E-state index in [9.17, 15) is 9.90 Å². The van der Waals surface area contributed by atoms with E-state index in [1.54, 1.807) is 17.7 Å². The summed E-state index contributed by atoms with van der Waals surface area (Å²) in [5.41, 5.74) is 1.96. The van der Waals surface area contributed by atoms with Crippen molar-refractivity contribution >= 4 is 0 Å². The summed E-state index contributed by atoms with van der Waals surface area (Å²) in [7, 11) is 3.74. The summed E-state index contributed by atoms with van der Waals surface area (Å²) in [5, 5.41) is 10.8. The van der Waals surface area contributed by atoms with E-state index in [2.05, 4.69) is 16.8 Å². The Labute approximate surface area is 160 Å². The first-order chi connectivity index (χ1) is 13.0. The standard InChI is InChI=1S/C21H29N3O3/c1-5-24-15(2)14-17(25)19(21(24)26)20(23-12-10-22(3)11-13-23)16-8-6-7-9-18(16)27-4/h6-9,14,20,25H,5,10-13H2,1-4H3. The van der Waals surface area contributed by atoms with E-state index in [4.69, 9.17) is 4.74 Å². The lowest BCUT2D eigenvalue weighted by molar-refractivity contribution is 0.124. The second-order valence-corrected chi connectivity index (χ2v) is 7.12. The molecule has 1 saturated heterocycles. The molecule has 1 fully saturated rings. The molecule has 3 rings (SSSR count). The lowest BCUT2D eigenvalue weighted by atomic mass is 9.95. The topological polar surface area (TPSA) is 57.9 Å². The van der Waals surface area contributed by atoms with Crippen molar-refractivity contribution < 1.29 is 9.84 Å². The molecule has 1 aliphatic heterocycles. The Kier molecular flexibility index (Phi) is 5.87. The number of ether oxygens (including phenoxy) is 1. The number of hydrogen-bond donors (Lipinski definition) is 1. The minimum atomic E-state index is -0.347. The van der Waals surface area contributed by atoms with Crippen LogP contribution in [0.4, 0.5) is 0 Å². The Morgan fingerprint density at radius 2 is 1.85 bits per heavy atom. The minimum absolute atomic E-state index is 0.0528. The Morgan fingerprint density at radius 1 is 1.19 bits per heavy atom. The molecule has 1 unspecified atom stereocenters. The summed E-state index contributed by atoms with van der Waals surface area (Å²) in [5.74, 6) is 0.779. The Balaban J connectivity index is 2.21. The van der Waals surface area contributed by atoms with Crippen LogP contribution in [0.5, 0.6) is 11.5 Å². The third-order valence-corrected chi connectivity index (χ3v) is 5.45. The van der Waals surface area contributed by atoms with E-state index in [0.29, 0.717) is 12.1 Å². The van der Waals surface area contributed by atoms with E-state index < -0.39 is 0 Å². The third-order valence-electron chi connectivity index (χ3n) is 5.45. The summed E-state index contributed by atoms with van der Waals surface area (Å²) < 4.78 is 7.31. The molecule has 146 valence electrons. The number of aryl methyl sites for hydroxylation is 1. The lowest BCUT2D eigenvalue weighted by Gasteiger charge is -2.38. The van der Waals surface area contributed by atoms with Crippen LogP contribution in [0, 0.1) is 6.92 Å². The van der Waals surface area contributed by atoms with Crippen molar-refractivity contribution in [2.75, 3.05) is 40.3 Å². The van der Waals surface area contributed by atoms with Crippen molar-refractivity contribution in [2.45, 2.75) is 26.4 Å². The van der Waals surface area contributed by atoms with Gasteiger partial charge < -0.3 is 19.3 Å². The molecule has 1 aliphatic rings. The van der Waals surface area contributed by atoms with Gasteiger partial charge in [0.2, 0.25) is 0 Å². The molecular weight excluding hydrogens is 342 g/mol. The number of rotatable bonds is 5. The van der Waals surface area contributed by atoms with Crippen LogP contribution in [-0.4, -0.2) is 59.8 Å². The maximum atomic E-state index is 13.3. The molecule has 0 bridgehead atoms. The van der Waals surface area contributed by atoms with Crippen LogP contribution in [0.2, 0.25) is 0 Å². The molecule has 2 aromatic rings. The molecule has 1 N–H and O–H groups in total. The SMILES string of the molecule is CCn1c(C)cc(O)c(C(c2ccccc2OC)N2CCN(C)CC2)c1=O. The van der Waals surface area contributed by atoms with Gasteiger partial charge in [-0.1, -0.05) is 18.2 Å². The number of hydrogen-bond acceptors (Lipinski definition) is 5.